The summed E-state index contributed by atoms with van der Waals surface area (Å²) in [6.45, 7) is -0.149. The second-order valence-corrected chi connectivity index (χ2v) is 12.2. The molecule has 0 saturated heterocycles. The molecule has 12 nitrogen and oxygen atoms in total. The number of hydrazone groups is 1. The van der Waals surface area contributed by atoms with Gasteiger partial charge in [0.1, 0.15) is 28.5 Å². The van der Waals surface area contributed by atoms with Gasteiger partial charge in [-0.05, 0) is 28.8 Å². The molecule has 0 aliphatic carbocycles. The molecule has 0 aliphatic heterocycles. The van der Waals surface area contributed by atoms with Crippen LogP contribution < -0.4 is 25.9 Å². The number of halogens is 1. The number of anilines is 2. The third-order valence-electron chi connectivity index (χ3n) is 8.88. The zero-order valence-electron chi connectivity index (χ0n) is 29.3. The van der Waals surface area contributed by atoms with Crippen molar-refractivity contribution in [2.75, 3.05) is 25.7 Å². The molecule has 4 N–H and O–H groups in total. The summed E-state index contributed by atoms with van der Waals surface area (Å²) in [4.78, 5) is 15.7. The lowest BCUT2D eigenvalue weighted by Crippen LogP contribution is -2.50. The number of benzene rings is 4. The normalized spacial score (nSPS) is 11.8. The molecule has 7 rings (SSSR count). The lowest BCUT2D eigenvalue weighted by atomic mass is 9.77. The number of hydrazine groups is 1. The lowest BCUT2D eigenvalue weighted by Gasteiger charge is -2.41. The molecule has 0 atom stereocenters. The monoisotopic (exact) mass is 708 g/mol. The van der Waals surface area contributed by atoms with Gasteiger partial charge in [0.15, 0.2) is 17.2 Å². The Balaban J connectivity index is 1.37. The van der Waals surface area contributed by atoms with Crippen LogP contribution in [0.3, 0.4) is 0 Å². The SMILES string of the molecule is COc1cc(OC)c(F)c(N(C/C(N)=N/N(N)C(c2ccccc2)(c2ccccc2)c2ccccc2)c2ccc3ncc(-c4cnn(C)c4)nc3n2)c1. The topological polar surface area (TPSA) is 146 Å². The molecule has 0 spiro atoms. The van der Waals surface area contributed by atoms with Gasteiger partial charge in [-0.15, -0.1) is 5.10 Å². The largest absolute Gasteiger partial charge is 0.497 e. The molecule has 0 fully saturated rings. The van der Waals surface area contributed by atoms with E-state index >= 15 is 4.39 Å². The van der Waals surface area contributed by atoms with Crippen LogP contribution in [0.2, 0.25) is 0 Å². The fourth-order valence-corrected chi connectivity index (χ4v) is 6.38. The van der Waals surface area contributed by atoms with Crippen molar-refractivity contribution in [1.29, 1.82) is 0 Å². The van der Waals surface area contributed by atoms with Crippen molar-refractivity contribution in [3.8, 4) is 22.8 Å². The smallest absolute Gasteiger partial charge is 0.188 e. The minimum absolute atomic E-state index is 0.0315. The van der Waals surface area contributed by atoms with Gasteiger partial charge >= 0.3 is 0 Å². The Morgan fingerprint density at radius 2 is 1.45 bits per heavy atom. The summed E-state index contributed by atoms with van der Waals surface area (Å²) in [6.07, 6.45) is 5.18. The van der Waals surface area contributed by atoms with Gasteiger partial charge in [-0.25, -0.2) is 25.3 Å². The van der Waals surface area contributed by atoms with Crippen molar-refractivity contribution in [1.82, 2.24) is 29.9 Å². The number of aryl methyl sites for hydroxylation is 1. The highest BCUT2D eigenvalue weighted by molar-refractivity contribution is 5.88. The first-order valence-corrected chi connectivity index (χ1v) is 16.7. The third-order valence-corrected chi connectivity index (χ3v) is 8.88. The average molecular weight is 709 g/mol. The number of pyridine rings is 1. The number of hydrogen-bond acceptors (Lipinski definition) is 10. The molecule has 266 valence electrons. The molecule has 53 heavy (non-hydrogen) atoms. The molecular weight excluding hydrogens is 672 g/mol. The summed E-state index contributed by atoms with van der Waals surface area (Å²) in [5, 5.41) is 10.4. The summed E-state index contributed by atoms with van der Waals surface area (Å²) in [5.74, 6) is 7.10. The van der Waals surface area contributed by atoms with Crippen molar-refractivity contribution < 1.29 is 13.9 Å². The van der Waals surface area contributed by atoms with Gasteiger partial charge in [-0.3, -0.25) is 9.67 Å². The minimum atomic E-state index is -1.11. The molecule has 3 aromatic heterocycles. The number of amidine groups is 1. The van der Waals surface area contributed by atoms with Crippen LogP contribution >= 0.6 is 0 Å². The fourth-order valence-electron chi connectivity index (χ4n) is 6.38. The third kappa shape index (κ3) is 6.68. The molecule has 0 radical (unpaired) electrons. The van der Waals surface area contributed by atoms with Gasteiger partial charge in [0.2, 0.25) is 0 Å². The number of aromatic nitrogens is 5. The van der Waals surface area contributed by atoms with Gasteiger partial charge in [-0.2, -0.15) is 5.10 Å². The number of fused-ring (bicyclic) bond motifs is 1. The molecule has 3 heterocycles. The highest BCUT2D eigenvalue weighted by atomic mass is 19.1. The Morgan fingerprint density at radius 1 is 0.830 bits per heavy atom. The second kappa shape index (κ2) is 14.8. The van der Waals surface area contributed by atoms with Crippen LogP contribution in [0.5, 0.6) is 11.5 Å². The van der Waals surface area contributed by atoms with E-state index in [1.807, 2.05) is 104 Å². The number of nitrogens with two attached hydrogens (primary N) is 2. The fraction of sp³-hybridized carbons (Fsp3) is 0.125. The maximum absolute atomic E-state index is 16.3. The van der Waals surface area contributed by atoms with Gasteiger partial charge in [0, 0.05) is 30.9 Å². The van der Waals surface area contributed by atoms with Gasteiger partial charge < -0.3 is 20.1 Å². The maximum atomic E-state index is 16.3. The Labute approximate surface area is 305 Å². The summed E-state index contributed by atoms with van der Waals surface area (Å²) < 4.78 is 28.9. The van der Waals surface area contributed by atoms with Crippen molar-refractivity contribution in [2.45, 2.75) is 5.54 Å². The highest BCUT2D eigenvalue weighted by Crippen LogP contribution is 2.41. The van der Waals surface area contributed by atoms with E-state index in [1.165, 1.54) is 31.5 Å². The number of ether oxygens (including phenoxy) is 2. The Hall–Kier alpha value is -6.86. The first-order chi connectivity index (χ1) is 25.8. The van der Waals surface area contributed by atoms with Crippen LogP contribution in [-0.2, 0) is 12.6 Å². The van der Waals surface area contributed by atoms with Crippen LogP contribution in [0, 0.1) is 5.82 Å². The standard InChI is InChI=1S/C40H37FN10O2/c1-49-25-27(23-45-49)33-24-44-32-19-20-37(47-39(32)46-33)50(34-21-31(52-2)22-35(53-3)38(34)41)26-36(42)48-51(43)40(28-13-7-4-8-14-28,29-15-9-5-10-16-29)30-17-11-6-12-18-30/h4-25H,26,43H2,1-3H3,(H2,42,48). The first-order valence-electron chi connectivity index (χ1n) is 16.7. The zero-order chi connectivity index (χ0) is 37.0. The van der Waals surface area contributed by atoms with E-state index < -0.39 is 11.4 Å². The lowest BCUT2D eigenvalue weighted by molar-refractivity contribution is 0.166. The van der Waals surface area contributed by atoms with Gasteiger partial charge in [0.05, 0.1) is 44.5 Å². The van der Waals surface area contributed by atoms with Crippen LogP contribution in [0.25, 0.3) is 22.4 Å². The molecule has 0 bridgehead atoms. The predicted molar refractivity (Wildman–Crippen MR) is 203 cm³/mol. The molecule has 4 aromatic carbocycles. The Morgan fingerprint density at radius 3 is 2.00 bits per heavy atom. The Bertz CT molecular complexity index is 2280. The summed E-state index contributed by atoms with van der Waals surface area (Å²) in [5.41, 5.74) is 10.6. The highest BCUT2D eigenvalue weighted by Gasteiger charge is 2.41. The van der Waals surface area contributed by atoms with E-state index in [-0.39, 0.29) is 23.8 Å². The van der Waals surface area contributed by atoms with Crippen LogP contribution in [0.1, 0.15) is 16.7 Å². The molecule has 0 aliphatic rings. The average Bonchev–Trinajstić information content (AvgIpc) is 3.64. The molecule has 0 unspecified atom stereocenters. The van der Waals surface area contributed by atoms with Crippen molar-refractivity contribution in [2.24, 2.45) is 23.7 Å². The summed E-state index contributed by atoms with van der Waals surface area (Å²) >= 11 is 0. The number of nitrogens with zero attached hydrogens (tertiary/aromatic N) is 8. The van der Waals surface area contributed by atoms with E-state index in [2.05, 4.69) is 10.1 Å². The van der Waals surface area contributed by atoms with Crippen molar-refractivity contribution in [3.05, 3.63) is 156 Å². The number of hydrogen-bond donors (Lipinski definition) is 2. The minimum Gasteiger partial charge on any atom is -0.497 e. The Kier molecular flexibility index (Phi) is 9.64. The van der Waals surface area contributed by atoms with Gasteiger partial charge in [-0.1, -0.05) is 91.0 Å². The van der Waals surface area contributed by atoms with E-state index in [1.54, 1.807) is 34.1 Å². The second-order valence-electron chi connectivity index (χ2n) is 12.2. The molecule has 0 saturated carbocycles. The number of methoxy groups -OCH3 is 2. The summed E-state index contributed by atoms with van der Waals surface area (Å²) in [7, 11) is 4.69. The van der Waals surface area contributed by atoms with Gasteiger partial charge in [0.25, 0.3) is 0 Å². The maximum Gasteiger partial charge on any atom is 0.188 e. The van der Waals surface area contributed by atoms with Crippen LogP contribution in [0.15, 0.2) is 139 Å². The van der Waals surface area contributed by atoms with Crippen molar-refractivity contribution >= 4 is 28.5 Å². The summed E-state index contributed by atoms with van der Waals surface area (Å²) in [6, 6.07) is 36.0. The molecule has 7 aromatic rings. The van der Waals surface area contributed by atoms with E-state index in [0.717, 1.165) is 22.3 Å². The zero-order valence-corrected chi connectivity index (χ0v) is 29.3. The van der Waals surface area contributed by atoms with Crippen LogP contribution in [0.4, 0.5) is 15.9 Å². The van der Waals surface area contributed by atoms with Crippen LogP contribution in [-0.4, -0.2) is 56.5 Å². The van der Waals surface area contributed by atoms with E-state index in [0.29, 0.717) is 28.4 Å². The quantitative estimate of drug-likeness (QED) is 0.0498. The van der Waals surface area contributed by atoms with E-state index in [4.69, 9.17) is 36.1 Å². The molecule has 13 heteroatoms. The van der Waals surface area contributed by atoms with E-state index in [9.17, 15) is 0 Å². The predicted octanol–water partition coefficient (Wildman–Crippen LogP) is 6.16. The number of rotatable bonds is 12. The molecule has 0 amide bonds. The van der Waals surface area contributed by atoms with Crippen molar-refractivity contribution in [3.63, 3.8) is 0 Å². The molecular formula is C40H37FN10O2. The first kappa shape index (κ1) is 34.6.